The zero-order chi connectivity index (χ0) is 18.8. The van der Waals surface area contributed by atoms with Gasteiger partial charge in [0.2, 0.25) is 0 Å². The van der Waals surface area contributed by atoms with Gasteiger partial charge in [0.05, 0.1) is 25.1 Å². The third kappa shape index (κ3) is 3.78. The van der Waals surface area contributed by atoms with Gasteiger partial charge in [-0.25, -0.2) is 5.01 Å². The molecule has 0 unspecified atom stereocenters. The Morgan fingerprint density at radius 1 is 1.30 bits per heavy atom. The Morgan fingerprint density at radius 2 is 2.11 bits per heavy atom. The van der Waals surface area contributed by atoms with E-state index in [-0.39, 0.29) is 31.1 Å². The van der Waals surface area contributed by atoms with Gasteiger partial charge in [0.25, 0.3) is 5.91 Å². The number of hydrogen-bond acceptors (Lipinski definition) is 5. The van der Waals surface area contributed by atoms with Crippen LogP contribution in [-0.2, 0) is 4.79 Å². The highest BCUT2D eigenvalue weighted by Crippen LogP contribution is 2.33. The molecule has 7 heteroatoms. The molecule has 142 valence electrons. The van der Waals surface area contributed by atoms with Gasteiger partial charge in [0, 0.05) is 17.5 Å². The number of hydrazone groups is 1. The summed E-state index contributed by atoms with van der Waals surface area (Å²) in [5.41, 5.74) is 1.78. The van der Waals surface area contributed by atoms with Crippen LogP contribution in [0, 0.1) is 0 Å². The first kappa shape index (κ1) is 18.2. The summed E-state index contributed by atoms with van der Waals surface area (Å²) < 4.78 is 5.57. The predicted molar refractivity (Wildman–Crippen MR) is 103 cm³/mol. The number of furan rings is 1. The fraction of sp³-hybridized carbons (Fsp3) is 0.400. The maximum atomic E-state index is 13.0. The molecular formula is C20H22ClN3O3. The molecule has 1 aromatic heterocycles. The molecule has 1 fully saturated rings. The molecule has 2 aromatic rings. The number of nitrogens with zero attached hydrogens (tertiary/aromatic N) is 3. The lowest BCUT2D eigenvalue weighted by Gasteiger charge is -2.26. The summed E-state index contributed by atoms with van der Waals surface area (Å²) in [5.74, 6) is 0.636. The van der Waals surface area contributed by atoms with Crippen molar-refractivity contribution < 1.29 is 14.3 Å². The number of aliphatic hydroxyl groups is 1. The summed E-state index contributed by atoms with van der Waals surface area (Å²) in [7, 11) is 0. The van der Waals surface area contributed by atoms with E-state index in [0.29, 0.717) is 11.4 Å². The Balaban J connectivity index is 1.57. The van der Waals surface area contributed by atoms with Crippen LogP contribution in [0.2, 0.25) is 5.02 Å². The molecule has 1 amide bonds. The van der Waals surface area contributed by atoms with Crippen molar-refractivity contribution in [3.63, 3.8) is 0 Å². The van der Waals surface area contributed by atoms with Crippen molar-refractivity contribution in [3.8, 4) is 0 Å². The van der Waals surface area contributed by atoms with Crippen LogP contribution < -0.4 is 0 Å². The van der Waals surface area contributed by atoms with Gasteiger partial charge in [0.1, 0.15) is 11.8 Å². The smallest absolute Gasteiger partial charge is 0.257 e. The third-order valence-electron chi connectivity index (χ3n) is 5.26. The zero-order valence-corrected chi connectivity index (χ0v) is 15.7. The molecule has 27 heavy (non-hydrogen) atoms. The quantitative estimate of drug-likeness (QED) is 0.856. The van der Waals surface area contributed by atoms with E-state index < -0.39 is 0 Å². The van der Waals surface area contributed by atoms with E-state index >= 15 is 0 Å². The molecule has 2 aliphatic rings. The number of likely N-dealkylation sites (tertiary alicyclic amines) is 1. The number of benzene rings is 1. The molecule has 0 bridgehead atoms. The summed E-state index contributed by atoms with van der Waals surface area (Å²) in [6.07, 6.45) is 4.12. The molecule has 1 N–H and O–H groups in total. The van der Waals surface area contributed by atoms with Crippen molar-refractivity contribution in [2.24, 2.45) is 5.10 Å². The van der Waals surface area contributed by atoms with Gasteiger partial charge in [-0.15, -0.1) is 0 Å². The van der Waals surface area contributed by atoms with Crippen LogP contribution in [0.5, 0.6) is 0 Å². The van der Waals surface area contributed by atoms with Gasteiger partial charge in [0.15, 0.2) is 0 Å². The molecular weight excluding hydrogens is 366 g/mol. The van der Waals surface area contributed by atoms with Gasteiger partial charge in [-0.1, -0.05) is 23.7 Å². The fourth-order valence-electron chi connectivity index (χ4n) is 3.82. The van der Waals surface area contributed by atoms with Crippen molar-refractivity contribution >= 4 is 23.2 Å². The second-order valence-corrected chi connectivity index (χ2v) is 7.41. The number of rotatable bonds is 5. The van der Waals surface area contributed by atoms with Crippen LogP contribution in [0.25, 0.3) is 0 Å². The van der Waals surface area contributed by atoms with Gasteiger partial charge < -0.3 is 9.52 Å². The Kier molecular flexibility index (Phi) is 5.29. The predicted octanol–water partition coefficient (Wildman–Crippen LogP) is 3.07. The zero-order valence-electron chi connectivity index (χ0n) is 14.9. The van der Waals surface area contributed by atoms with Crippen molar-refractivity contribution in [3.05, 3.63) is 59.0 Å². The molecule has 6 nitrogen and oxygen atoms in total. The van der Waals surface area contributed by atoms with Gasteiger partial charge in [-0.2, -0.15) is 5.10 Å². The molecule has 1 aromatic carbocycles. The lowest BCUT2D eigenvalue weighted by atomic mass is 10.0. The maximum absolute atomic E-state index is 13.0. The van der Waals surface area contributed by atoms with E-state index in [4.69, 9.17) is 16.0 Å². The average molecular weight is 388 g/mol. The molecule has 1 saturated heterocycles. The summed E-state index contributed by atoms with van der Waals surface area (Å²) in [5, 5.41) is 16.3. The van der Waals surface area contributed by atoms with Crippen molar-refractivity contribution in [2.75, 3.05) is 19.7 Å². The summed E-state index contributed by atoms with van der Waals surface area (Å²) in [6, 6.07) is 11.0. The fourth-order valence-corrected chi connectivity index (χ4v) is 3.94. The topological polar surface area (TPSA) is 69.3 Å². The van der Waals surface area contributed by atoms with Crippen molar-refractivity contribution in [2.45, 2.75) is 31.3 Å². The Morgan fingerprint density at radius 3 is 2.81 bits per heavy atom. The van der Waals surface area contributed by atoms with E-state index in [1.807, 2.05) is 41.3 Å². The number of carbonyl (C=O) groups excluding carboxylic acids is 1. The van der Waals surface area contributed by atoms with Crippen LogP contribution in [0.4, 0.5) is 0 Å². The highest BCUT2D eigenvalue weighted by Gasteiger charge is 2.36. The van der Waals surface area contributed by atoms with E-state index in [1.165, 1.54) is 5.01 Å². The second-order valence-electron chi connectivity index (χ2n) is 6.98. The Hall–Kier alpha value is -2.15. The minimum absolute atomic E-state index is 0.0540. The molecule has 0 saturated carbocycles. The minimum atomic E-state index is -0.256. The molecule has 4 rings (SSSR count). The first-order valence-corrected chi connectivity index (χ1v) is 9.57. The van der Waals surface area contributed by atoms with Gasteiger partial charge >= 0.3 is 0 Å². The summed E-state index contributed by atoms with van der Waals surface area (Å²) in [6.45, 7) is 1.15. The molecule has 2 aliphatic heterocycles. The standard InChI is InChI=1S/C20H22ClN3O3/c21-15-7-5-14(6-8-15)17-11-18(19-4-2-10-27-19)24(22-17)20(26)12-23-9-1-3-16(23)13-25/h2,4-8,10,16,18,25H,1,3,9,11-13H2/t16-,18-/m1/s1. The lowest BCUT2D eigenvalue weighted by molar-refractivity contribution is -0.135. The van der Waals surface area contributed by atoms with Crippen LogP contribution >= 0.6 is 11.6 Å². The molecule has 3 heterocycles. The molecule has 0 spiro atoms. The van der Waals surface area contributed by atoms with Crippen LogP contribution in [0.3, 0.4) is 0 Å². The maximum Gasteiger partial charge on any atom is 0.257 e. The number of aliphatic hydroxyl groups excluding tert-OH is 1. The SMILES string of the molecule is O=C(CN1CCC[C@@H]1CO)N1N=C(c2ccc(Cl)cc2)C[C@@H]1c1ccco1. The Bertz CT molecular complexity index is 820. The van der Waals surface area contributed by atoms with Gasteiger partial charge in [-0.05, 0) is 49.2 Å². The van der Waals surface area contributed by atoms with Crippen molar-refractivity contribution in [1.29, 1.82) is 0 Å². The van der Waals surface area contributed by atoms with Crippen molar-refractivity contribution in [1.82, 2.24) is 9.91 Å². The summed E-state index contributed by atoms with van der Waals surface area (Å²) >= 11 is 5.98. The highest BCUT2D eigenvalue weighted by atomic mass is 35.5. The Labute approximate surface area is 163 Å². The molecule has 2 atom stereocenters. The summed E-state index contributed by atoms with van der Waals surface area (Å²) in [4.78, 5) is 15.1. The van der Waals surface area contributed by atoms with E-state index in [9.17, 15) is 9.90 Å². The monoisotopic (exact) mass is 387 g/mol. The average Bonchev–Trinajstić information content (AvgIpc) is 3.42. The van der Waals surface area contributed by atoms with Crippen LogP contribution in [-0.4, -0.2) is 52.4 Å². The minimum Gasteiger partial charge on any atom is -0.467 e. The van der Waals surface area contributed by atoms with Gasteiger partial charge in [-0.3, -0.25) is 9.69 Å². The normalized spacial score (nSPS) is 23.0. The lowest BCUT2D eigenvalue weighted by Crippen LogP contribution is -2.41. The van der Waals surface area contributed by atoms with E-state index in [2.05, 4.69) is 5.10 Å². The second kappa shape index (κ2) is 7.84. The number of halogens is 1. The van der Waals surface area contributed by atoms with Crippen LogP contribution in [0.15, 0.2) is 52.2 Å². The number of amides is 1. The number of carbonyl (C=O) groups is 1. The first-order valence-electron chi connectivity index (χ1n) is 9.19. The third-order valence-corrected chi connectivity index (χ3v) is 5.52. The van der Waals surface area contributed by atoms with E-state index in [1.54, 1.807) is 6.26 Å². The van der Waals surface area contributed by atoms with E-state index in [0.717, 1.165) is 36.4 Å². The molecule has 0 aliphatic carbocycles. The number of hydrogen-bond donors (Lipinski definition) is 1. The van der Waals surface area contributed by atoms with Crippen LogP contribution in [0.1, 0.15) is 36.6 Å². The largest absolute Gasteiger partial charge is 0.467 e. The highest BCUT2D eigenvalue weighted by molar-refractivity contribution is 6.30. The first-order chi connectivity index (χ1) is 13.2. The molecule has 0 radical (unpaired) electrons.